The van der Waals surface area contributed by atoms with Gasteiger partial charge >= 0.3 is 11.9 Å². The van der Waals surface area contributed by atoms with E-state index in [1.54, 1.807) is 46.8 Å². The van der Waals surface area contributed by atoms with Crippen LogP contribution >= 0.6 is 11.3 Å². The van der Waals surface area contributed by atoms with Crippen molar-refractivity contribution in [2.24, 2.45) is 5.92 Å². The zero-order valence-electron chi connectivity index (χ0n) is 19.6. The molecule has 9 nitrogen and oxygen atoms in total. The van der Waals surface area contributed by atoms with E-state index in [0.29, 0.717) is 5.56 Å². The third-order valence-electron chi connectivity index (χ3n) is 5.33. The van der Waals surface area contributed by atoms with Crippen LogP contribution in [0, 0.1) is 12.8 Å². The first kappa shape index (κ1) is 25.1. The zero-order chi connectivity index (χ0) is 25.2. The van der Waals surface area contributed by atoms with Crippen molar-refractivity contribution in [1.82, 2.24) is 4.90 Å². The van der Waals surface area contributed by atoms with E-state index >= 15 is 0 Å². The second kappa shape index (κ2) is 10.2. The maximum Gasteiger partial charge on any atom is 0.348 e. The highest BCUT2D eigenvalue weighted by molar-refractivity contribution is 7.18. The minimum absolute atomic E-state index is 0.0353. The lowest BCUT2D eigenvalue weighted by atomic mass is 10.0. The van der Waals surface area contributed by atoms with Crippen LogP contribution in [0.1, 0.15) is 74.0 Å². The molecule has 1 aromatic heterocycles. The summed E-state index contributed by atoms with van der Waals surface area (Å²) in [5.74, 6) is -3.55. The first-order valence-electron chi connectivity index (χ1n) is 10.9. The number of esters is 2. The molecular formula is C24H26N2O7S. The number of hydrogen-bond donors (Lipinski definition) is 1. The minimum Gasteiger partial charge on any atom is -0.462 e. The van der Waals surface area contributed by atoms with Crippen molar-refractivity contribution in [1.29, 1.82) is 0 Å². The molecule has 0 aliphatic carbocycles. The van der Waals surface area contributed by atoms with Gasteiger partial charge in [-0.15, -0.1) is 11.3 Å². The van der Waals surface area contributed by atoms with Crippen LogP contribution in [0.15, 0.2) is 24.3 Å². The van der Waals surface area contributed by atoms with Crippen molar-refractivity contribution in [3.8, 4) is 0 Å². The van der Waals surface area contributed by atoms with Gasteiger partial charge in [0.05, 0.1) is 29.9 Å². The van der Waals surface area contributed by atoms with Crippen LogP contribution < -0.4 is 5.32 Å². The summed E-state index contributed by atoms with van der Waals surface area (Å²) in [6.45, 7) is 8.52. The molecule has 1 aromatic carbocycles. The molecule has 180 valence electrons. The smallest absolute Gasteiger partial charge is 0.348 e. The normalized spacial score (nSPS) is 13.6. The standard InChI is InChI=1S/C24H26N2O7S/c1-6-32-23(30)16-13(5)18(24(31)33-7-2)34-20(16)25-19(27)17(12(3)4)26-21(28)14-10-8-9-11-15(14)22(26)29/h8-12,17H,6-7H2,1-5H3,(H,25,27)/t17-/m1/s1. The lowest BCUT2D eigenvalue weighted by molar-refractivity contribution is -0.121. The average molecular weight is 487 g/mol. The van der Waals surface area contributed by atoms with Gasteiger partial charge in [0.25, 0.3) is 11.8 Å². The summed E-state index contributed by atoms with van der Waals surface area (Å²) in [6.07, 6.45) is 0. The summed E-state index contributed by atoms with van der Waals surface area (Å²) >= 11 is 0.882. The van der Waals surface area contributed by atoms with Gasteiger partial charge in [-0.05, 0) is 44.4 Å². The van der Waals surface area contributed by atoms with Crippen LogP contribution in [0.25, 0.3) is 0 Å². The van der Waals surface area contributed by atoms with Crippen molar-refractivity contribution in [2.75, 3.05) is 18.5 Å². The number of rotatable bonds is 8. The molecule has 1 N–H and O–H groups in total. The summed E-state index contributed by atoms with van der Waals surface area (Å²) in [5, 5.41) is 2.75. The van der Waals surface area contributed by atoms with Gasteiger partial charge in [0.2, 0.25) is 5.91 Å². The Labute approximate surface area is 201 Å². The Bertz CT molecular complexity index is 1130. The van der Waals surface area contributed by atoms with Crippen LogP contribution in [0.2, 0.25) is 0 Å². The second-order valence-corrected chi connectivity index (χ2v) is 8.93. The fourth-order valence-electron chi connectivity index (χ4n) is 3.81. The maximum absolute atomic E-state index is 13.4. The van der Waals surface area contributed by atoms with E-state index in [1.165, 1.54) is 12.1 Å². The van der Waals surface area contributed by atoms with Crippen molar-refractivity contribution in [3.63, 3.8) is 0 Å². The van der Waals surface area contributed by atoms with E-state index in [4.69, 9.17) is 9.47 Å². The van der Waals surface area contributed by atoms with Gasteiger partial charge in [-0.1, -0.05) is 26.0 Å². The van der Waals surface area contributed by atoms with Crippen LogP contribution in [0.3, 0.4) is 0 Å². The zero-order valence-corrected chi connectivity index (χ0v) is 20.4. The number of hydrogen-bond acceptors (Lipinski definition) is 8. The van der Waals surface area contributed by atoms with E-state index in [1.807, 2.05) is 0 Å². The Balaban J connectivity index is 1.99. The van der Waals surface area contributed by atoms with Gasteiger partial charge in [-0.2, -0.15) is 0 Å². The quantitative estimate of drug-likeness (QED) is 0.447. The summed E-state index contributed by atoms with van der Waals surface area (Å²) in [6, 6.07) is 5.23. The topological polar surface area (TPSA) is 119 Å². The van der Waals surface area contributed by atoms with E-state index in [2.05, 4.69) is 5.32 Å². The maximum atomic E-state index is 13.4. The number of carbonyl (C=O) groups excluding carboxylic acids is 5. The van der Waals surface area contributed by atoms with Crippen LogP contribution in [-0.4, -0.2) is 53.8 Å². The van der Waals surface area contributed by atoms with Crippen LogP contribution in [0.4, 0.5) is 5.00 Å². The highest BCUT2D eigenvalue weighted by atomic mass is 32.1. The molecule has 1 atom stereocenters. The molecule has 1 aliphatic heterocycles. The number of anilines is 1. The fraction of sp³-hybridized carbons (Fsp3) is 0.375. The Kier molecular flexibility index (Phi) is 7.51. The molecule has 3 amide bonds. The predicted molar refractivity (Wildman–Crippen MR) is 125 cm³/mol. The lowest BCUT2D eigenvalue weighted by Gasteiger charge is -2.28. The molecule has 0 spiro atoms. The molecular weight excluding hydrogens is 460 g/mol. The van der Waals surface area contributed by atoms with E-state index in [0.717, 1.165) is 16.2 Å². The SMILES string of the molecule is CCOC(=O)c1sc(NC(=O)[C@@H](C(C)C)N2C(=O)c3ccccc3C2=O)c(C(=O)OCC)c1C. The monoisotopic (exact) mass is 486 g/mol. The molecule has 3 rings (SSSR count). The molecule has 2 heterocycles. The van der Waals surface area contributed by atoms with Gasteiger partial charge in [-0.3, -0.25) is 19.3 Å². The molecule has 2 aromatic rings. The number of amides is 3. The Morgan fingerprint density at radius 2 is 1.50 bits per heavy atom. The minimum atomic E-state index is -1.14. The first-order chi connectivity index (χ1) is 16.1. The summed E-state index contributed by atoms with van der Waals surface area (Å²) in [7, 11) is 0. The number of benzene rings is 1. The Hall–Kier alpha value is -3.53. The molecule has 0 radical (unpaired) electrons. The number of fused-ring (bicyclic) bond motifs is 1. The molecule has 1 aliphatic rings. The van der Waals surface area contributed by atoms with Crippen molar-refractivity contribution >= 4 is 46.0 Å². The first-order valence-corrected chi connectivity index (χ1v) is 11.7. The number of carbonyl (C=O) groups is 5. The van der Waals surface area contributed by atoms with Crippen LogP contribution in [0.5, 0.6) is 0 Å². The summed E-state index contributed by atoms with van der Waals surface area (Å²) in [5.41, 5.74) is 0.816. The van der Waals surface area contributed by atoms with E-state index in [-0.39, 0.29) is 39.8 Å². The van der Waals surface area contributed by atoms with Gasteiger partial charge < -0.3 is 14.8 Å². The second-order valence-electron chi connectivity index (χ2n) is 7.91. The lowest BCUT2D eigenvalue weighted by Crippen LogP contribution is -2.50. The van der Waals surface area contributed by atoms with Gasteiger partial charge in [0.15, 0.2) is 0 Å². The molecule has 10 heteroatoms. The third-order valence-corrected chi connectivity index (χ3v) is 6.51. The molecule has 0 fully saturated rings. The molecule has 0 saturated carbocycles. The summed E-state index contributed by atoms with van der Waals surface area (Å²) in [4.78, 5) is 65.5. The average Bonchev–Trinajstić information content (AvgIpc) is 3.23. The number of nitrogens with one attached hydrogen (secondary N) is 1. The number of ether oxygens (including phenoxy) is 2. The molecule has 0 bridgehead atoms. The number of thiophene rings is 1. The predicted octanol–water partition coefficient (Wildman–Crippen LogP) is 3.67. The number of imide groups is 1. The van der Waals surface area contributed by atoms with Crippen molar-refractivity contribution in [2.45, 2.75) is 40.7 Å². The highest BCUT2D eigenvalue weighted by Crippen LogP contribution is 2.35. The highest BCUT2D eigenvalue weighted by Gasteiger charge is 2.44. The Morgan fingerprint density at radius 1 is 0.971 bits per heavy atom. The number of nitrogens with zero attached hydrogens (tertiary/aromatic N) is 1. The van der Waals surface area contributed by atoms with Crippen LogP contribution in [-0.2, 0) is 14.3 Å². The van der Waals surface area contributed by atoms with Gasteiger partial charge in [0, 0.05) is 0 Å². The molecule has 0 unspecified atom stereocenters. The van der Waals surface area contributed by atoms with Crippen molar-refractivity contribution in [3.05, 3.63) is 51.4 Å². The Morgan fingerprint density at radius 3 is 2.00 bits per heavy atom. The van der Waals surface area contributed by atoms with Crippen molar-refractivity contribution < 1.29 is 33.4 Å². The fourth-order valence-corrected chi connectivity index (χ4v) is 4.90. The molecule has 34 heavy (non-hydrogen) atoms. The van der Waals surface area contributed by atoms with E-state index < -0.39 is 41.6 Å². The third kappa shape index (κ3) is 4.45. The summed E-state index contributed by atoms with van der Waals surface area (Å²) < 4.78 is 10.2. The van der Waals surface area contributed by atoms with Gasteiger partial charge in [-0.25, -0.2) is 9.59 Å². The molecule has 0 saturated heterocycles. The van der Waals surface area contributed by atoms with E-state index in [9.17, 15) is 24.0 Å². The van der Waals surface area contributed by atoms with Gasteiger partial charge in [0.1, 0.15) is 15.9 Å². The largest absolute Gasteiger partial charge is 0.462 e.